The monoisotopic (exact) mass is 1060 g/mol. The summed E-state index contributed by atoms with van der Waals surface area (Å²) in [6.45, 7) is 20.0. The summed E-state index contributed by atoms with van der Waals surface area (Å²) < 4.78 is 40.2. The van der Waals surface area contributed by atoms with Crippen LogP contribution in [0.15, 0.2) is 0 Å². The van der Waals surface area contributed by atoms with Gasteiger partial charge in [-0.25, -0.2) is 29.3 Å². The van der Waals surface area contributed by atoms with E-state index in [1.807, 2.05) is 20.8 Å². The maximum Gasteiger partial charge on any atom is 0.242 e. The molecular formula is C57H89N3O15. The van der Waals surface area contributed by atoms with E-state index in [4.69, 9.17) is 57.7 Å². The van der Waals surface area contributed by atoms with E-state index in [1.54, 1.807) is 0 Å². The Labute approximate surface area is 443 Å². The summed E-state index contributed by atoms with van der Waals surface area (Å²) in [6, 6.07) is -0.950. The zero-order valence-electron chi connectivity index (χ0n) is 46.2. The number of nitrogens with one attached hydrogen (secondary N) is 3. The fourth-order valence-electron chi connectivity index (χ4n) is 17.9. The molecule has 12 aliphatic heterocycles. The molecule has 25 atom stereocenters. The van der Waals surface area contributed by atoms with Gasteiger partial charge in [-0.1, -0.05) is 41.5 Å². The summed E-state index contributed by atoms with van der Waals surface area (Å²) in [5, 5.41) is 9.31. The van der Waals surface area contributed by atoms with Gasteiger partial charge in [-0.15, -0.1) is 0 Å². The molecule has 3 aliphatic carbocycles. The second-order valence-corrected chi connectivity index (χ2v) is 26.7. The predicted molar refractivity (Wildman–Crippen MR) is 266 cm³/mol. The van der Waals surface area contributed by atoms with Crippen LogP contribution in [0.4, 0.5) is 0 Å². The molecule has 12 heterocycles. The number of amides is 3. The van der Waals surface area contributed by atoms with Crippen LogP contribution < -0.4 is 16.0 Å². The van der Waals surface area contributed by atoms with Gasteiger partial charge in [-0.3, -0.25) is 14.4 Å². The van der Waals surface area contributed by atoms with Crippen LogP contribution in [-0.4, -0.2) is 108 Å². The number of rotatable bonds is 14. The maximum atomic E-state index is 14.3. The van der Waals surface area contributed by atoms with Crippen molar-refractivity contribution < 1.29 is 72.1 Å². The zero-order valence-corrected chi connectivity index (χ0v) is 46.2. The lowest BCUT2D eigenvalue weighted by molar-refractivity contribution is -0.571. The summed E-state index contributed by atoms with van der Waals surface area (Å²) >= 11 is 0. The zero-order chi connectivity index (χ0) is 52.5. The van der Waals surface area contributed by atoms with Gasteiger partial charge >= 0.3 is 0 Å². The first-order valence-corrected chi connectivity index (χ1v) is 29.7. The van der Waals surface area contributed by atoms with Gasteiger partial charge in [0.05, 0.1) is 18.3 Å². The number of hydrogen-bond donors (Lipinski definition) is 3. The molecule has 15 aliphatic rings. The van der Waals surface area contributed by atoms with Crippen molar-refractivity contribution in [3.8, 4) is 0 Å². The second-order valence-electron chi connectivity index (χ2n) is 26.7. The summed E-state index contributed by atoms with van der Waals surface area (Å²) in [6.07, 6.45) is 10.9. The van der Waals surface area contributed by atoms with Crippen molar-refractivity contribution in [1.82, 2.24) is 16.0 Å². The number of fused-ring (bicyclic) bond motifs is 6. The lowest BCUT2D eigenvalue weighted by Gasteiger charge is -2.60. The first kappa shape index (κ1) is 53.6. The third-order valence-electron chi connectivity index (χ3n) is 22.3. The van der Waals surface area contributed by atoms with Crippen molar-refractivity contribution in [3.63, 3.8) is 0 Å². The van der Waals surface area contributed by atoms with Gasteiger partial charge in [0.2, 0.25) is 35.1 Å². The number of carbonyl (C=O) groups excluding carboxylic acids is 3. The van der Waals surface area contributed by atoms with Crippen LogP contribution in [0, 0.1) is 71.0 Å². The van der Waals surface area contributed by atoms with Gasteiger partial charge in [-0.05, 0) is 158 Å². The molecule has 422 valence electrons. The highest BCUT2D eigenvalue weighted by Gasteiger charge is 2.72. The van der Waals surface area contributed by atoms with Gasteiger partial charge < -0.3 is 44.4 Å². The predicted octanol–water partition coefficient (Wildman–Crippen LogP) is 7.80. The molecule has 0 aromatic carbocycles. The normalized spacial score (nSPS) is 52.4. The second kappa shape index (κ2) is 19.9. The van der Waals surface area contributed by atoms with Crippen LogP contribution in [0.5, 0.6) is 0 Å². The van der Waals surface area contributed by atoms with E-state index in [-0.39, 0.29) is 109 Å². The largest absolute Gasteiger partial charge is 0.356 e. The molecule has 3 saturated carbocycles. The molecule has 3 amide bonds. The standard InChI is InChI=1S/C57H89N3O15/c1-30-10-13-39-33(4)43(64-49-55(39)36(30)20-25-52(7,67-49)70-73-55)17-19-47(62)60-42(48(63)59-29-24-45-35(6)41-15-12-32(3)38-22-27-54(9)69-51(66-45)57(38,41)75-72-54)16-18-46(61)58-28-23-44-34(5)40-14-11-31(2)37-21-26-53(8)68-50(65-44)56(37,40)74-71-53/h30-45,49-51H,10-29H2,1-9H3,(H,58,61)(H,59,63)(H,60,62)/t30-,31-,32-,33-,34-,35-,36+,37+,38+,39+,40+,41+,42+,43-,44-,45-,49-,50-,51-,52+,53+,54+,55+,56+,57+/m1/s1. The van der Waals surface area contributed by atoms with E-state index in [2.05, 4.69) is 57.5 Å². The Hall–Kier alpha value is -2.07. The highest BCUT2D eigenvalue weighted by atomic mass is 17.3. The van der Waals surface area contributed by atoms with Crippen LogP contribution in [0.1, 0.15) is 178 Å². The van der Waals surface area contributed by atoms with Crippen LogP contribution in [0.2, 0.25) is 0 Å². The number of hydrogen-bond acceptors (Lipinski definition) is 15. The molecular weight excluding hydrogens is 967 g/mol. The Morgan fingerprint density at radius 2 is 0.840 bits per heavy atom. The molecule has 0 aromatic heterocycles. The molecule has 0 aromatic rings. The van der Waals surface area contributed by atoms with E-state index < -0.39 is 59.1 Å². The summed E-state index contributed by atoms with van der Waals surface area (Å²) in [5.41, 5.74) is -2.00. The SMILES string of the molecule is C[C@H]1[C@@H](CCNC(=O)CC[C@H](NC(=O)CC[C@H]2O[C@@H]3O[C@]4(C)CC[C@H]5[C@H](C)CC[C@@H]([C@H]2C)[C@]35OO4)C(=O)NCC[C@H]2O[C@@H]3O[C@]4(C)CC[C@H]5[C@H](C)CC[C@@H]([C@H]2C)[C@]35OO4)O[C@@H]2O[C@]3(C)CC[C@H]4[C@H](C)CC[C@@H]1[C@]24OO3. The van der Waals surface area contributed by atoms with E-state index in [9.17, 15) is 14.4 Å². The lowest BCUT2D eigenvalue weighted by atomic mass is 9.57. The van der Waals surface area contributed by atoms with Gasteiger partial charge in [0.25, 0.3) is 0 Å². The summed E-state index contributed by atoms with van der Waals surface area (Å²) in [4.78, 5) is 79.3. The van der Waals surface area contributed by atoms with Crippen molar-refractivity contribution in [3.05, 3.63) is 0 Å². The Morgan fingerprint density at radius 3 is 1.25 bits per heavy atom. The highest BCUT2D eigenvalue weighted by Crippen LogP contribution is 2.64. The topological polar surface area (TPSA) is 198 Å². The van der Waals surface area contributed by atoms with E-state index in [0.29, 0.717) is 50.1 Å². The van der Waals surface area contributed by atoms with Crippen molar-refractivity contribution in [2.45, 2.75) is 255 Å². The van der Waals surface area contributed by atoms with E-state index in [1.165, 1.54) is 0 Å². The third kappa shape index (κ3) is 8.89. The fourth-order valence-corrected chi connectivity index (χ4v) is 17.9. The smallest absolute Gasteiger partial charge is 0.242 e. The van der Waals surface area contributed by atoms with Gasteiger partial charge in [0, 0.05) is 62.9 Å². The maximum absolute atomic E-state index is 14.3. The van der Waals surface area contributed by atoms with E-state index in [0.717, 1.165) is 77.0 Å². The van der Waals surface area contributed by atoms with Crippen molar-refractivity contribution in [2.24, 2.45) is 71.0 Å². The summed E-state index contributed by atoms with van der Waals surface area (Å²) in [7, 11) is 0. The molecule has 0 radical (unpaired) electrons. The van der Waals surface area contributed by atoms with Gasteiger partial charge in [0.15, 0.2) is 35.7 Å². The van der Waals surface area contributed by atoms with Crippen LogP contribution >= 0.6 is 0 Å². The molecule has 18 nitrogen and oxygen atoms in total. The molecule has 15 rings (SSSR count). The minimum atomic E-state index is -0.950. The Bertz CT molecular complexity index is 2160. The minimum absolute atomic E-state index is 0.0397. The first-order chi connectivity index (χ1) is 35.8. The number of carbonyl (C=O) groups is 3. The highest BCUT2D eigenvalue weighted by molar-refractivity contribution is 5.88. The van der Waals surface area contributed by atoms with Gasteiger partial charge in [0.1, 0.15) is 6.04 Å². The van der Waals surface area contributed by atoms with Crippen molar-refractivity contribution in [1.29, 1.82) is 0 Å². The Balaban J connectivity index is 0.688. The third-order valence-corrected chi connectivity index (χ3v) is 22.3. The molecule has 15 fully saturated rings. The Morgan fingerprint density at radius 1 is 0.453 bits per heavy atom. The van der Waals surface area contributed by atoms with Crippen LogP contribution in [-0.2, 0) is 72.1 Å². The molecule has 6 bridgehead atoms. The van der Waals surface area contributed by atoms with Crippen molar-refractivity contribution in [2.75, 3.05) is 13.1 Å². The van der Waals surface area contributed by atoms with Crippen molar-refractivity contribution >= 4 is 17.7 Å². The van der Waals surface area contributed by atoms with Gasteiger partial charge in [-0.2, -0.15) is 0 Å². The average Bonchev–Trinajstić information content (AvgIpc) is 3.86. The van der Waals surface area contributed by atoms with E-state index >= 15 is 0 Å². The minimum Gasteiger partial charge on any atom is -0.356 e. The van der Waals surface area contributed by atoms with Crippen LogP contribution in [0.25, 0.3) is 0 Å². The summed E-state index contributed by atoms with van der Waals surface area (Å²) in [5.74, 6) is -0.421. The molecule has 3 spiro atoms. The van der Waals surface area contributed by atoms with Crippen LogP contribution in [0.3, 0.4) is 0 Å². The lowest BCUT2D eigenvalue weighted by Crippen LogP contribution is -2.70. The fraction of sp³-hybridized carbons (Fsp3) is 0.947. The first-order valence-electron chi connectivity index (χ1n) is 29.7. The Kier molecular flexibility index (Phi) is 14.2. The molecule has 12 saturated heterocycles. The molecule has 18 heteroatoms. The number of ether oxygens (including phenoxy) is 6. The molecule has 0 unspecified atom stereocenters. The quantitative estimate of drug-likeness (QED) is 0.142. The molecule has 75 heavy (non-hydrogen) atoms. The molecule has 3 N–H and O–H groups in total. The average molecular weight is 1060 g/mol.